The van der Waals surface area contributed by atoms with Crippen molar-refractivity contribution in [2.45, 2.75) is 13.5 Å². The first kappa shape index (κ1) is 14.5. The van der Waals surface area contributed by atoms with Gasteiger partial charge in [0.25, 0.3) is 0 Å². The van der Waals surface area contributed by atoms with Gasteiger partial charge in [-0.2, -0.15) is 0 Å². The Morgan fingerprint density at radius 3 is 2.65 bits per heavy atom. The fraction of sp³-hybridized carbons (Fsp3) is 0.231. The van der Waals surface area contributed by atoms with Gasteiger partial charge in [-0.25, -0.2) is 15.8 Å². The van der Waals surface area contributed by atoms with Gasteiger partial charge in [-0.3, -0.25) is 0 Å². The standard InChI is InChI=1S/C13H16ClN5O/c1-8-3-4-9(5-10(8)14)16-11-6-12(19-15)18-13(17-11)7-20-2/h3-6H,7,15H2,1-2H3,(H2,16,17,18,19). The molecule has 0 aliphatic rings. The number of anilines is 3. The Kier molecular flexibility index (Phi) is 4.73. The number of nitrogens with zero attached hydrogens (tertiary/aromatic N) is 2. The smallest absolute Gasteiger partial charge is 0.158 e. The molecule has 1 aromatic carbocycles. The molecule has 4 N–H and O–H groups in total. The number of nitrogens with two attached hydrogens (primary N) is 1. The zero-order chi connectivity index (χ0) is 14.5. The number of nitrogens with one attached hydrogen (secondary N) is 2. The number of benzene rings is 1. The van der Waals surface area contributed by atoms with Crippen molar-refractivity contribution in [1.82, 2.24) is 9.97 Å². The molecular weight excluding hydrogens is 278 g/mol. The lowest BCUT2D eigenvalue weighted by molar-refractivity contribution is 0.178. The van der Waals surface area contributed by atoms with Crippen molar-refractivity contribution in [3.63, 3.8) is 0 Å². The number of nitrogen functional groups attached to an aromatic ring is 1. The number of halogens is 1. The second kappa shape index (κ2) is 6.51. The van der Waals surface area contributed by atoms with E-state index in [0.29, 0.717) is 29.1 Å². The Morgan fingerprint density at radius 2 is 2.00 bits per heavy atom. The van der Waals surface area contributed by atoms with Gasteiger partial charge in [-0.05, 0) is 24.6 Å². The molecule has 2 aromatic rings. The van der Waals surface area contributed by atoms with Gasteiger partial charge in [0, 0.05) is 23.9 Å². The summed E-state index contributed by atoms with van der Waals surface area (Å²) in [6, 6.07) is 7.40. The van der Waals surface area contributed by atoms with Crippen LogP contribution in [0.15, 0.2) is 24.3 Å². The molecule has 1 heterocycles. The lowest BCUT2D eigenvalue weighted by Crippen LogP contribution is -2.11. The number of aryl methyl sites for hydroxylation is 1. The van der Waals surface area contributed by atoms with Crippen LogP contribution in [0.5, 0.6) is 0 Å². The van der Waals surface area contributed by atoms with Crippen LogP contribution in [0.2, 0.25) is 5.02 Å². The molecule has 20 heavy (non-hydrogen) atoms. The molecule has 6 nitrogen and oxygen atoms in total. The predicted octanol–water partition coefficient (Wildman–Crippen LogP) is 2.61. The maximum absolute atomic E-state index is 6.09. The van der Waals surface area contributed by atoms with E-state index in [1.807, 2.05) is 25.1 Å². The zero-order valence-corrected chi connectivity index (χ0v) is 12.0. The van der Waals surface area contributed by atoms with Crippen molar-refractivity contribution in [3.8, 4) is 0 Å². The first-order valence-electron chi connectivity index (χ1n) is 5.99. The van der Waals surface area contributed by atoms with E-state index in [1.54, 1.807) is 13.2 Å². The SMILES string of the molecule is COCc1nc(NN)cc(Nc2ccc(C)c(Cl)c2)n1. The van der Waals surface area contributed by atoms with E-state index in [1.165, 1.54) is 0 Å². The molecule has 0 saturated heterocycles. The van der Waals surface area contributed by atoms with Gasteiger partial charge >= 0.3 is 0 Å². The molecule has 0 amide bonds. The average Bonchev–Trinajstić information content (AvgIpc) is 2.43. The number of methoxy groups -OCH3 is 1. The van der Waals surface area contributed by atoms with Crippen LogP contribution in [0.25, 0.3) is 0 Å². The minimum atomic E-state index is 0.304. The highest BCUT2D eigenvalue weighted by atomic mass is 35.5. The summed E-state index contributed by atoms with van der Waals surface area (Å²) in [5.74, 6) is 7.04. The van der Waals surface area contributed by atoms with Crippen LogP contribution in [-0.4, -0.2) is 17.1 Å². The summed E-state index contributed by atoms with van der Waals surface area (Å²) in [5.41, 5.74) is 4.36. The zero-order valence-electron chi connectivity index (χ0n) is 11.3. The minimum Gasteiger partial charge on any atom is -0.377 e. The van der Waals surface area contributed by atoms with Gasteiger partial charge in [-0.15, -0.1) is 0 Å². The fourth-order valence-electron chi connectivity index (χ4n) is 1.65. The Bertz CT molecular complexity index is 605. The number of rotatable bonds is 5. The van der Waals surface area contributed by atoms with Crippen molar-refractivity contribution in [2.24, 2.45) is 5.84 Å². The number of hydrazine groups is 1. The maximum atomic E-state index is 6.09. The molecule has 0 atom stereocenters. The monoisotopic (exact) mass is 293 g/mol. The molecule has 0 radical (unpaired) electrons. The molecule has 106 valence electrons. The molecule has 2 rings (SSSR count). The Balaban J connectivity index is 2.27. The molecule has 0 saturated carbocycles. The maximum Gasteiger partial charge on any atom is 0.158 e. The third kappa shape index (κ3) is 3.57. The summed E-state index contributed by atoms with van der Waals surface area (Å²) >= 11 is 6.09. The molecule has 1 aromatic heterocycles. The number of hydrogen-bond acceptors (Lipinski definition) is 6. The summed E-state index contributed by atoms with van der Waals surface area (Å²) in [5, 5.41) is 3.85. The van der Waals surface area contributed by atoms with Crippen molar-refractivity contribution in [2.75, 3.05) is 17.9 Å². The highest BCUT2D eigenvalue weighted by molar-refractivity contribution is 6.31. The fourth-order valence-corrected chi connectivity index (χ4v) is 1.83. The van der Waals surface area contributed by atoms with Crippen molar-refractivity contribution >= 4 is 28.9 Å². The van der Waals surface area contributed by atoms with Crippen LogP contribution in [0.1, 0.15) is 11.4 Å². The molecule has 0 bridgehead atoms. The number of hydrogen-bond donors (Lipinski definition) is 3. The normalized spacial score (nSPS) is 10.4. The molecule has 0 fully saturated rings. The Hall–Kier alpha value is -1.89. The van der Waals surface area contributed by atoms with Crippen LogP contribution < -0.4 is 16.6 Å². The highest BCUT2D eigenvalue weighted by Gasteiger charge is 2.05. The van der Waals surface area contributed by atoms with Crippen molar-refractivity contribution in [1.29, 1.82) is 0 Å². The summed E-state index contributed by atoms with van der Waals surface area (Å²) in [6.07, 6.45) is 0. The van der Waals surface area contributed by atoms with Crippen molar-refractivity contribution < 1.29 is 4.74 Å². The third-order valence-electron chi connectivity index (χ3n) is 2.64. The topological polar surface area (TPSA) is 85.1 Å². The van der Waals surface area contributed by atoms with E-state index in [-0.39, 0.29) is 0 Å². The Morgan fingerprint density at radius 1 is 1.25 bits per heavy atom. The lowest BCUT2D eigenvalue weighted by Gasteiger charge is -2.10. The molecular formula is C13H16ClN5O. The molecule has 0 aliphatic carbocycles. The van der Waals surface area contributed by atoms with Gasteiger partial charge in [0.2, 0.25) is 0 Å². The second-order valence-electron chi connectivity index (χ2n) is 4.22. The third-order valence-corrected chi connectivity index (χ3v) is 3.05. The van der Waals surface area contributed by atoms with E-state index < -0.39 is 0 Å². The lowest BCUT2D eigenvalue weighted by atomic mass is 10.2. The molecule has 7 heteroatoms. The van der Waals surface area contributed by atoms with Crippen LogP contribution >= 0.6 is 11.6 Å². The highest BCUT2D eigenvalue weighted by Crippen LogP contribution is 2.23. The summed E-state index contributed by atoms with van der Waals surface area (Å²) in [4.78, 5) is 8.51. The van der Waals surface area contributed by atoms with Crippen LogP contribution in [-0.2, 0) is 11.3 Å². The number of ether oxygens (including phenoxy) is 1. The largest absolute Gasteiger partial charge is 0.377 e. The van der Waals surface area contributed by atoms with E-state index in [0.717, 1.165) is 11.3 Å². The second-order valence-corrected chi connectivity index (χ2v) is 4.63. The summed E-state index contributed by atoms with van der Waals surface area (Å²) in [6.45, 7) is 2.25. The van der Waals surface area contributed by atoms with Gasteiger partial charge < -0.3 is 15.5 Å². The van der Waals surface area contributed by atoms with Crippen LogP contribution in [0.3, 0.4) is 0 Å². The molecule has 0 spiro atoms. The van der Waals surface area contributed by atoms with Crippen LogP contribution in [0.4, 0.5) is 17.3 Å². The minimum absolute atomic E-state index is 0.304. The predicted molar refractivity (Wildman–Crippen MR) is 80.0 cm³/mol. The van der Waals surface area contributed by atoms with E-state index in [2.05, 4.69) is 20.7 Å². The van der Waals surface area contributed by atoms with Gasteiger partial charge in [-0.1, -0.05) is 17.7 Å². The van der Waals surface area contributed by atoms with E-state index >= 15 is 0 Å². The van der Waals surface area contributed by atoms with Gasteiger partial charge in [0.1, 0.15) is 18.2 Å². The van der Waals surface area contributed by atoms with E-state index in [4.69, 9.17) is 22.2 Å². The Labute approximate surface area is 122 Å². The average molecular weight is 294 g/mol. The quantitative estimate of drug-likeness (QED) is 0.580. The van der Waals surface area contributed by atoms with Crippen LogP contribution in [0, 0.1) is 6.92 Å². The summed E-state index contributed by atoms with van der Waals surface area (Å²) < 4.78 is 5.02. The van der Waals surface area contributed by atoms with Gasteiger partial charge in [0.15, 0.2) is 5.82 Å². The number of aromatic nitrogens is 2. The van der Waals surface area contributed by atoms with E-state index in [9.17, 15) is 0 Å². The first-order chi connectivity index (χ1) is 9.62. The molecule has 0 aliphatic heterocycles. The van der Waals surface area contributed by atoms with Gasteiger partial charge in [0.05, 0.1) is 0 Å². The first-order valence-corrected chi connectivity index (χ1v) is 6.37. The molecule has 0 unspecified atom stereocenters. The van der Waals surface area contributed by atoms with Crippen molar-refractivity contribution in [3.05, 3.63) is 40.7 Å². The summed E-state index contributed by atoms with van der Waals surface area (Å²) in [7, 11) is 1.58.